The van der Waals surface area contributed by atoms with Crippen LogP contribution in [-0.2, 0) is 14.3 Å². The molecular formula is C15H25N3O3. The molecular weight excluding hydrogens is 270 g/mol. The number of piperidine rings is 1. The lowest BCUT2D eigenvalue weighted by atomic mass is 9.89. The number of carbonyl (C=O) groups is 2. The third kappa shape index (κ3) is 3.54. The number of nitrogens with zero attached hydrogens (tertiary/aromatic N) is 2. The van der Waals surface area contributed by atoms with Crippen LogP contribution < -0.4 is 5.32 Å². The van der Waals surface area contributed by atoms with Gasteiger partial charge in [0, 0.05) is 13.1 Å². The molecule has 1 saturated heterocycles. The number of esters is 1. The summed E-state index contributed by atoms with van der Waals surface area (Å²) >= 11 is 0. The van der Waals surface area contributed by atoms with Gasteiger partial charge in [-0.1, -0.05) is 13.8 Å². The topological polar surface area (TPSA) is 71.0 Å². The van der Waals surface area contributed by atoms with Crippen molar-refractivity contribution in [3.05, 3.63) is 0 Å². The zero-order chi connectivity index (χ0) is 15.4. The molecule has 2 heterocycles. The Morgan fingerprint density at radius 2 is 2.05 bits per heavy atom. The highest BCUT2D eigenvalue weighted by molar-refractivity contribution is 6.08. The Hall–Kier alpha value is -1.59. The van der Waals surface area contributed by atoms with Crippen molar-refractivity contribution in [2.75, 3.05) is 19.7 Å². The van der Waals surface area contributed by atoms with Crippen LogP contribution in [0.2, 0.25) is 0 Å². The van der Waals surface area contributed by atoms with Crippen molar-refractivity contribution < 1.29 is 14.3 Å². The van der Waals surface area contributed by atoms with Crippen LogP contribution in [0.25, 0.3) is 0 Å². The van der Waals surface area contributed by atoms with Crippen LogP contribution >= 0.6 is 0 Å². The second-order valence-corrected chi connectivity index (χ2v) is 5.95. The van der Waals surface area contributed by atoms with Crippen LogP contribution in [0.15, 0.2) is 4.99 Å². The number of nitrogens with one attached hydrogen (secondary N) is 1. The average molecular weight is 295 g/mol. The predicted octanol–water partition coefficient (Wildman–Crippen LogP) is 1.16. The molecule has 6 nitrogen and oxygen atoms in total. The van der Waals surface area contributed by atoms with E-state index in [0.29, 0.717) is 5.96 Å². The summed E-state index contributed by atoms with van der Waals surface area (Å²) in [6, 6.07) is -0.352. The van der Waals surface area contributed by atoms with E-state index in [1.807, 2.05) is 13.8 Å². The Balaban J connectivity index is 2.21. The first-order chi connectivity index (χ1) is 10.0. The van der Waals surface area contributed by atoms with Gasteiger partial charge in [-0.15, -0.1) is 0 Å². The average Bonchev–Trinajstić information content (AvgIpc) is 2.47. The normalized spacial score (nSPS) is 26.4. The van der Waals surface area contributed by atoms with Crippen molar-refractivity contribution in [1.82, 2.24) is 10.2 Å². The van der Waals surface area contributed by atoms with E-state index in [1.165, 1.54) is 6.42 Å². The van der Waals surface area contributed by atoms with E-state index in [9.17, 15) is 9.59 Å². The summed E-state index contributed by atoms with van der Waals surface area (Å²) < 4.78 is 5.03. The first-order valence-electron chi connectivity index (χ1n) is 7.84. The molecule has 2 rings (SSSR count). The highest BCUT2D eigenvalue weighted by Crippen LogP contribution is 2.23. The van der Waals surface area contributed by atoms with E-state index < -0.39 is 11.9 Å². The van der Waals surface area contributed by atoms with Crippen molar-refractivity contribution in [3.63, 3.8) is 0 Å². The largest absolute Gasteiger partial charge is 0.465 e. The van der Waals surface area contributed by atoms with Gasteiger partial charge in [0.05, 0.1) is 12.6 Å². The van der Waals surface area contributed by atoms with E-state index >= 15 is 0 Å². The van der Waals surface area contributed by atoms with Crippen molar-refractivity contribution in [2.45, 2.75) is 46.1 Å². The Labute approximate surface area is 125 Å². The fourth-order valence-corrected chi connectivity index (χ4v) is 2.87. The van der Waals surface area contributed by atoms with Gasteiger partial charge in [0.25, 0.3) is 0 Å². The quantitative estimate of drug-likeness (QED) is 0.626. The molecule has 0 spiro atoms. The fourth-order valence-electron chi connectivity index (χ4n) is 2.87. The van der Waals surface area contributed by atoms with Gasteiger partial charge in [-0.3, -0.25) is 14.9 Å². The molecule has 0 aromatic carbocycles. The van der Waals surface area contributed by atoms with Gasteiger partial charge in [0.2, 0.25) is 11.9 Å². The Morgan fingerprint density at radius 1 is 1.38 bits per heavy atom. The molecule has 6 heteroatoms. The molecule has 2 aliphatic heterocycles. The number of guanidine groups is 1. The SMILES string of the molecule is CCOC(=O)[C@H]1C(=O)NC(N2CCCCC2)=N[C@@H]1C(C)C. The molecule has 0 unspecified atom stereocenters. The number of likely N-dealkylation sites (tertiary alicyclic amines) is 1. The van der Waals surface area contributed by atoms with Gasteiger partial charge in [-0.2, -0.15) is 0 Å². The maximum atomic E-state index is 12.4. The highest BCUT2D eigenvalue weighted by atomic mass is 16.5. The molecule has 2 atom stereocenters. The van der Waals surface area contributed by atoms with Crippen LogP contribution in [0.5, 0.6) is 0 Å². The van der Waals surface area contributed by atoms with Gasteiger partial charge in [-0.25, -0.2) is 4.99 Å². The zero-order valence-electron chi connectivity index (χ0n) is 13.1. The number of hydrogen-bond donors (Lipinski definition) is 1. The smallest absolute Gasteiger partial charge is 0.320 e. The minimum Gasteiger partial charge on any atom is -0.465 e. The Morgan fingerprint density at radius 3 is 2.62 bits per heavy atom. The maximum absolute atomic E-state index is 12.4. The number of ether oxygens (including phenoxy) is 1. The lowest BCUT2D eigenvalue weighted by molar-refractivity contribution is -0.153. The van der Waals surface area contributed by atoms with Crippen molar-refractivity contribution in [2.24, 2.45) is 16.8 Å². The third-order valence-electron chi connectivity index (χ3n) is 4.01. The molecule has 1 N–H and O–H groups in total. The van der Waals surface area contributed by atoms with Crippen LogP contribution in [0.4, 0.5) is 0 Å². The zero-order valence-corrected chi connectivity index (χ0v) is 13.1. The molecule has 21 heavy (non-hydrogen) atoms. The van der Waals surface area contributed by atoms with Gasteiger partial charge >= 0.3 is 5.97 Å². The summed E-state index contributed by atoms with van der Waals surface area (Å²) in [5.74, 6) is -0.874. The van der Waals surface area contributed by atoms with Gasteiger partial charge in [-0.05, 0) is 32.1 Å². The summed E-state index contributed by atoms with van der Waals surface area (Å²) in [4.78, 5) is 31.2. The van der Waals surface area contributed by atoms with E-state index in [0.717, 1.165) is 25.9 Å². The number of carbonyl (C=O) groups excluding carboxylic acids is 2. The number of aliphatic imine (C=N–C) groups is 1. The van der Waals surface area contributed by atoms with Crippen LogP contribution in [0.3, 0.4) is 0 Å². The summed E-state index contributed by atoms with van der Waals surface area (Å²) in [7, 11) is 0. The Kier molecular flexibility index (Phi) is 5.20. The molecule has 1 amide bonds. The van der Waals surface area contributed by atoms with Gasteiger partial charge in [0.1, 0.15) is 0 Å². The first-order valence-corrected chi connectivity index (χ1v) is 7.84. The standard InChI is InChI=1S/C15H25N3O3/c1-4-21-14(20)11-12(10(2)3)16-15(17-13(11)19)18-8-6-5-7-9-18/h10-12H,4-9H2,1-3H3,(H,16,17,19)/t11-,12-/m1/s1. The lowest BCUT2D eigenvalue weighted by Crippen LogP contribution is -2.56. The molecule has 0 saturated carbocycles. The van der Waals surface area contributed by atoms with E-state index in [4.69, 9.17) is 4.74 Å². The van der Waals surface area contributed by atoms with Crippen LogP contribution in [-0.4, -0.2) is 48.5 Å². The summed E-state index contributed by atoms with van der Waals surface area (Å²) in [5.41, 5.74) is 0. The van der Waals surface area contributed by atoms with Gasteiger partial charge in [0.15, 0.2) is 5.92 Å². The van der Waals surface area contributed by atoms with Crippen molar-refractivity contribution >= 4 is 17.8 Å². The van der Waals surface area contributed by atoms with Crippen molar-refractivity contribution in [3.8, 4) is 0 Å². The van der Waals surface area contributed by atoms with E-state index in [-0.39, 0.29) is 24.5 Å². The summed E-state index contributed by atoms with van der Waals surface area (Å²) in [6.07, 6.45) is 3.45. The summed E-state index contributed by atoms with van der Waals surface area (Å²) in [5, 5.41) is 2.80. The number of rotatable bonds is 3. The molecule has 0 radical (unpaired) electrons. The van der Waals surface area contributed by atoms with Crippen LogP contribution in [0, 0.1) is 11.8 Å². The molecule has 2 aliphatic rings. The molecule has 118 valence electrons. The van der Waals surface area contributed by atoms with Crippen LogP contribution in [0.1, 0.15) is 40.0 Å². The molecule has 0 aromatic rings. The van der Waals surface area contributed by atoms with E-state index in [2.05, 4.69) is 15.2 Å². The second-order valence-electron chi connectivity index (χ2n) is 5.95. The minimum absolute atomic E-state index is 0.102. The fraction of sp³-hybridized carbons (Fsp3) is 0.800. The number of amides is 1. The molecule has 0 aromatic heterocycles. The summed E-state index contributed by atoms with van der Waals surface area (Å²) in [6.45, 7) is 7.79. The third-order valence-corrected chi connectivity index (χ3v) is 4.01. The van der Waals surface area contributed by atoms with E-state index in [1.54, 1.807) is 6.92 Å². The van der Waals surface area contributed by atoms with Gasteiger partial charge < -0.3 is 9.64 Å². The first kappa shape index (κ1) is 15.8. The van der Waals surface area contributed by atoms with Crippen molar-refractivity contribution in [1.29, 1.82) is 0 Å². The molecule has 0 bridgehead atoms. The minimum atomic E-state index is -0.835. The predicted molar refractivity (Wildman–Crippen MR) is 79.8 cm³/mol. The lowest BCUT2D eigenvalue weighted by Gasteiger charge is -2.36. The maximum Gasteiger partial charge on any atom is 0.320 e. The number of hydrogen-bond acceptors (Lipinski definition) is 5. The Bertz CT molecular complexity index is 428. The molecule has 1 fully saturated rings. The molecule has 0 aliphatic carbocycles. The monoisotopic (exact) mass is 295 g/mol. The second kappa shape index (κ2) is 6.91. The highest BCUT2D eigenvalue weighted by Gasteiger charge is 2.42.